The highest BCUT2D eigenvalue weighted by atomic mass is 32.1. The Hall–Kier alpha value is -3.21. The second-order valence-electron chi connectivity index (χ2n) is 5.90. The summed E-state index contributed by atoms with van der Waals surface area (Å²) in [5.41, 5.74) is 3.59. The topological polar surface area (TPSA) is 125 Å². The van der Waals surface area contributed by atoms with E-state index >= 15 is 0 Å². The zero-order chi connectivity index (χ0) is 21.9. The number of aromatic nitrogens is 1. The van der Waals surface area contributed by atoms with Crippen molar-refractivity contribution in [1.29, 1.82) is 0 Å². The Kier molecular flexibility index (Phi) is 9.01. The summed E-state index contributed by atoms with van der Waals surface area (Å²) in [6, 6.07) is 2.99. The third-order valence-electron chi connectivity index (χ3n) is 3.56. The molecule has 10 nitrogen and oxygen atoms in total. The zero-order valence-electron chi connectivity index (χ0n) is 17.0. The van der Waals surface area contributed by atoms with Crippen LogP contribution in [-0.2, 0) is 16.0 Å². The van der Waals surface area contributed by atoms with E-state index in [1.807, 2.05) is 6.92 Å². The number of anilines is 1. The van der Waals surface area contributed by atoms with Crippen LogP contribution in [0, 0.1) is 10.1 Å². The molecule has 0 radical (unpaired) electrons. The summed E-state index contributed by atoms with van der Waals surface area (Å²) in [5.74, 6) is 0.0453. The van der Waals surface area contributed by atoms with Gasteiger partial charge in [0.2, 0.25) is 10.9 Å². The Bertz CT molecular complexity index is 899. The van der Waals surface area contributed by atoms with Crippen LogP contribution in [0.4, 0.5) is 10.8 Å². The molecule has 0 spiro atoms. The molecular weight excluding hydrogens is 412 g/mol. The minimum Gasteiger partial charge on any atom is -0.490 e. The third-order valence-corrected chi connectivity index (χ3v) is 4.36. The molecule has 0 aliphatic carbocycles. The number of nitro benzene ring substituents is 1. The van der Waals surface area contributed by atoms with Crippen molar-refractivity contribution in [2.24, 2.45) is 5.10 Å². The lowest BCUT2D eigenvalue weighted by Crippen LogP contribution is -2.07. The van der Waals surface area contributed by atoms with Gasteiger partial charge in [0.15, 0.2) is 5.75 Å². The quantitative estimate of drug-likeness (QED) is 0.231. The van der Waals surface area contributed by atoms with Crippen LogP contribution in [0.15, 0.2) is 22.6 Å². The van der Waals surface area contributed by atoms with Gasteiger partial charge in [-0.1, -0.05) is 6.92 Å². The normalized spacial score (nSPS) is 10.8. The van der Waals surface area contributed by atoms with Crippen LogP contribution in [0.25, 0.3) is 0 Å². The molecule has 1 heterocycles. The first-order valence-electron chi connectivity index (χ1n) is 9.45. The molecular formula is C19H24N4O6S. The zero-order valence-corrected chi connectivity index (χ0v) is 17.9. The molecule has 2 aromatic rings. The number of hydrogen-bond donors (Lipinski definition) is 1. The van der Waals surface area contributed by atoms with E-state index in [1.165, 1.54) is 23.6 Å². The second kappa shape index (κ2) is 11.7. The molecule has 0 fully saturated rings. The van der Waals surface area contributed by atoms with E-state index in [-0.39, 0.29) is 29.6 Å². The molecule has 0 atom stereocenters. The predicted molar refractivity (Wildman–Crippen MR) is 114 cm³/mol. The van der Waals surface area contributed by atoms with Crippen LogP contribution in [0.1, 0.15) is 38.4 Å². The SMILES string of the molecule is CCCOc1c(OCC)cc(/C=N\Nc2nc(CC(=O)OCC)cs2)cc1[N+](=O)[O-]. The average Bonchev–Trinajstić information content (AvgIpc) is 3.14. The minimum atomic E-state index is -0.513. The largest absolute Gasteiger partial charge is 0.490 e. The van der Waals surface area contributed by atoms with E-state index in [0.717, 1.165) is 0 Å². The molecule has 1 aromatic heterocycles. The highest BCUT2D eigenvalue weighted by Crippen LogP contribution is 2.38. The lowest BCUT2D eigenvalue weighted by Gasteiger charge is -2.12. The van der Waals surface area contributed by atoms with Crippen molar-refractivity contribution in [3.05, 3.63) is 38.9 Å². The molecule has 1 aromatic carbocycles. The number of rotatable bonds is 12. The lowest BCUT2D eigenvalue weighted by atomic mass is 10.2. The van der Waals surface area contributed by atoms with Crippen molar-refractivity contribution >= 4 is 34.3 Å². The molecule has 0 saturated carbocycles. The number of nitrogens with zero attached hydrogens (tertiary/aromatic N) is 3. The summed E-state index contributed by atoms with van der Waals surface area (Å²) in [6.07, 6.45) is 2.21. The first-order chi connectivity index (χ1) is 14.5. The highest BCUT2D eigenvalue weighted by molar-refractivity contribution is 7.13. The maximum atomic E-state index is 11.5. The summed E-state index contributed by atoms with van der Waals surface area (Å²) in [7, 11) is 0. The van der Waals surface area contributed by atoms with E-state index in [4.69, 9.17) is 14.2 Å². The number of thiazole rings is 1. The van der Waals surface area contributed by atoms with Gasteiger partial charge in [-0.2, -0.15) is 5.10 Å². The van der Waals surface area contributed by atoms with E-state index < -0.39 is 4.92 Å². The van der Waals surface area contributed by atoms with E-state index in [0.29, 0.717) is 42.6 Å². The number of ether oxygens (including phenoxy) is 3. The van der Waals surface area contributed by atoms with Crippen molar-refractivity contribution < 1.29 is 23.9 Å². The number of hydrogen-bond acceptors (Lipinski definition) is 10. The Morgan fingerprint density at radius 1 is 1.30 bits per heavy atom. The minimum absolute atomic E-state index is 0.0822. The molecule has 1 N–H and O–H groups in total. The van der Waals surface area contributed by atoms with Gasteiger partial charge in [-0.25, -0.2) is 4.98 Å². The Morgan fingerprint density at radius 2 is 2.10 bits per heavy atom. The summed E-state index contributed by atoms with van der Waals surface area (Å²) < 4.78 is 16.0. The van der Waals surface area contributed by atoms with Crippen LogP contribution >= 0.6 is 11.3 Å². The van der Waals surface area contributed by atoms with Crippen molar-refractivity contribution in [2.45, 2.75) is 33.6 Å². The number of carbonyl (C=O) groups is 1. The number of hydrazone groups is 1. The predicted octanol–water partition coefficient (Wildman–Crippen LogP) is 3.79. The van der Waals surface area contributed by atoms with Crippen LogP contribution < -0.4 is 14.9 Å². The van der Waals surface area contributed by atoms with Crippen molar-refractivity contribution in [2.75, 3.05) is 25.2 Å². The van der Waals surface area contributed by atoms with Gasteiger partial charge in [-0.15, -0.1) is 11.3 Å². The fourth-order valence-corrected chi connectivity index (χ4v) is 3.05. The summed E-state index contributed by atoms with van der Waals surface area (Å²) in [5, 5.41) is 17.8. The van der Waals surface area contributed by atoms with Crippen LogP contribution in [0.3, 0.4) is 0 Å². The molecule has 2 rings (SSSR count). The fraction of sp³-hybridized carbons (Fsp3) is 0.421. The standard InChI is InChI=1S/C19H24N4O6S/c1-4-7-29-18-15(23(25)26)8-13(9-16(18)27-5-2)11-20-22-19-21-14(12-30-19)10-17(24)28-6-3/h8-9,11-12H,4-7,10H2,1-3H3,(H,21,22)/b20-11-. The second-order valence-corrected chi connectivity index (χ2v) is 6.76. The van der Waals surface area contributed by atoms with Crippen molar-refractivity contribution in [3.63, 3.8) is 0 Å². The first-order valence-corrected chi connectivity index (χ1v) is 10.3. The first kappa shape index (κ1) is 23.1. The number of nitro groups is 1. The maximum Gasteiger partial charge on any atom is 0.315 e. The molecule has 0 aliphatic rings. The highest BCUT2D eigenvalue weighted by Gasteiger charge is 2.22. The molecule has 0 unspecified atom stereocenters. The molecule has 11 heteroatoms. The summed E-state index contributed by atoms with van der Waals surface area (Å²) in [6.45, 7) is 6.43. The van der Waals surface area contributed by atoms with Gasteiger partial charge in [0.1, 0.15) is 0 Å². The van der Waals surface area contributed by atoms with E-state index in [9.17, 15) is 14.9 Å². The maximum absolute atomic E-state index is 11.5. The van der Waals surface area contributed by atoms with Gasteiger partial charge in [-0.3, -0.25) is 20.3 Å². The Balaban J connectivity index is 2.15. The number of nitrogens with one attached hydrogen (secondary N) is 1. The van der Waals surface area contributed by atoms with E-state index in [2.05, 4.69) is 15.5 Å². The Morgan fingerprint density at radius 3 is 2.77 bits per heavy atom. The van der Waals surface area contributed by atoms with E-state index in [1.54, 1.807) is 25.3 Å². The summed E-state index contributed by atoms with van der Waals surface area (Å²) >= 11 is 1.28. The molecule has 162 valence electrons. The molecule has 30 heavy (non-hydrogen) atoms. The van der Waals surface area contributed by atoms with Crippen molar-refractivity contribution in [3.8, 4) is 11.5 Å². The van der Waals surface area contributed by atoms with Crippen LogP contribution in [-0.4, -0.2) is 41.9 Å². The van der Waals surface area contributed by atoms with Gasteiger partial charge in [-0.05, 0) is 26.3 Å². The molecule has 0 aliphatic heterocycles. The number of carbonyl (C=O) groups excluding carboxylic acids is 1. The Labute approximate surface area is 178 Å². The van der Waals surface area contributed by atoms with Crippen LogP contribution in [0.2, 0.25) is 0 Å². The third kappa shape index (κ3) is 6.69. The monoisotopic (exact) mass is 436 g/mol. The molecule has 0 amide bonds. The van der Waals surface area contributed by atoms with Crippen molar-refractivity contribution in [1.82, 2.24) is 4.98 Å². The summed E-state index contributed by atoms with van der Waals surface area (Å²) in [4.78, 5) is 26.7. The van der Waals surface area contributed by atoms with Gasteiger partial charge < -0.3 is 14.2 Å². The van der Waals surface area contributed by atoms with Crippen LogP contribution in [0.5, 0.6) is 11.5 Å². The number of esters is 1. The van der Waals surface area contributed by atoms with Gasteiger partial charge in [0, 0.05) is 17.0 Å². The smallest absolute Gasteiger partial charge is 0.315 e. The lowest BCUT2D eigenvalue weighted by molar-refractivity contribution is -0.386. The van der Waals surface area contributed by atoms with Gasteiger partial charge in [0.25, 0.3) is 0 Å². The average molecular weight is 436 g/mol. The molecule has 0 bridgehead atoms. The fourth-order valence-electron chi connectivity index (χ4n) is 2.39. The van der Waals surface area contributed by atoms with Gasteiger partial charge in [0.05, 0.1) is 43.1 Å². The van der Waals surface area contributed by atoms with Gasteiger partial charge >= 0.3 is 11.7 Å². The number of benzene rings is 1. The molecule has 0 saturated heterocycles.